The Labute approximate surface area is 62.6 Å². The van der Waals surface area contributed by atoms with E-state index in [1.54, 1.807) is 0 Å². The molecule has 0 fully saturated rings. The summed E-state index contributed by atoms with van der Waals surface area (Å²) >= 11 is 2.77. The summed E-state index contributed by atoms with van der Waals surface area (Å²) in [5.41, 5.74) is 0. The molecule has 0 heterocycles. The van der Waals surface area contributed by atoms with Crippen LogP contribution in [0.4, 0.5) is 0 Å². The van der Waals surface area contributed by atoms with Crippen LogP contribution >= 0.6 is 8.55 Å². The first kappa shape index (κ1) is 8.93. The quantitative estimate of drug-likeness (QED) is 0.606. The molecule has 0 saturated heterocycles. The van der Waals surface area contributed by atoms with Gasteiger partial charge in [-0.2, -0.15) is 0 Å². The maximum atomic E-state index is 2.77. The molecule has 0 N–H and O–H groups in total. The first-order chi connectivity index (χ1) is 3.81. The molecule has 1 atom stereocenters. The molecule has 0 saturated carbocycles. The summed E-state index contributed by atoms with van der Waals surface area (Å²) in [6.07, 6.45) is 2.76. The zero-order valence-corrected chi connectivity index (χ0v) is 7.90. The van der Waals surface area contributed by atoms with Crippen LogP contribution in [0.1, 0.15) is 26.7 Å². The van der Waals surface area contributed by atoms with E-state index in [4.69, 9.17) is 0 Å². The Hall–Kier alpha value is 0.934. The van der Waals surface area contributed by atoms with Gasteiger partial charge in [-0.05, 0) is 0 Å². The third-order valence-electron chi connectivity index (χ3n) is 1.07. The zero-order chi connectivity index (χ0) is 6.41. The molecule has 0 amide bonds. The van der Waals surface area contributed by atoms with Gasteiger partial charge in [0.1, 0.15) is 0 Å². The van der Waals surface area contributed by atoms with E-state index in [0.29, 0.717) is 8.55 Å². The molecule has 0 bridgehead atoms. The van der Waals surface area contributed by atoms with E-state index in [-0.39, 0.29) is 0 Å². The number of unbranched alkanes of at least 4 members (excludes halogenated alkanes) is 1. The van der Waals surface area contributed by atoms with E-state index in [2.05, 4.69) is 29.6 Å². The van der Waals surface area contributed by atoms with Crippen molar-refractivity contribution in [3.8, 4) is 0 Å². The molecule has 0 spiro atoms. The Bertz CT molecular complexity index is 70.9. The van der Waals surface area contributed by atoms with Crippen LogP contribution in [0.15, 0.2) is 0 Å². The van der Waals surface area contributed by atoms with Gasteiger partial charge in [-0.1, -0.05) is 0 Å². The number of hydrogen-bond acceptors (Lipinski definition) is 0. The van der Waals surface area contributed by atoms with Crippen LogP contribution in [-0.4, -0.2) is 11.5 Å². The minimum atomic E-state index is 0.661. The summed E-state index contributed by atoms with van der Waals surface area (Å²) in [4.78, 5) is 0. The fraction of sp³-hybridized carbons (Fsp3) is 1.00. The molecular formula is C6H14SV. The predicted octanol–water partition coefficient (Wildman–Crippen LogP) is 2.54. The Morgan fingerprint density at radius 1 is 1.38 bits per heavy atom. The van der Waals surface area contributed by atoms with Crippen molar-refractivity contribution in [2.75, 3.05) is 11.5 Å². The Morgan fingerprint density at radius 3 is 2.38 bits per heavy atom. The van der Waals surface area contributed by atoms with E-state index in [9.17, 15) is 0 Å². The van der Waals surface area contributed by atoms with Crippen molar-refractivity contribution in [3.05, 3.63) is 0 Å². The fourth-order valence-electron chi connectivity index (χ4n) is 0.455. The first-order valence-corrected chi connectivity index (χ1v) is 6.40. The zero-order valence-electron chi connectivity index (χ0n) is 5.68. The van der Waals surface area contributed by atoms with Crippen LogP contribution in [0.2, 0.25) is 0 Å². The minimum absolute atomic E-state index is 0.661. The SMILES string of the molecule is CCCC[S](=[V])CC. The average Bonchev–Trinajstić information content (AvgIpc) is 1.83. The second-order valence-corrected chi connectivity index (χ2v) is 6.14. The topological polar surface area (TPSA) is 0 Å². The summed E-state index contributed by atoms with van der Waals surface area (Å²) < 4.78 is 0. The van der Waals surface area contributed by atoms with E-state index in [1.807, 2.05) is 0 Å². The summed E-state index contributed by atoms with van der Waals surface area (Å²) in [6, 6.07) is 0. The molecule has 0 radical (unpaired) electrons. The summed E-state index contributed by atoms with van der Waals surface area (Å²) in [7, 11) is 0.661. The van der Waals surface area contributed by atoms with Gasteiger partial charge in [0.05, 0.1) is 0 Å². The van der Waals surface area contributed by atoms with E-state index in [1.165, 1.54) is 24.3 Å². The molecule has 0 aliphatic carbocycles. The maximum absolute atomic E-state index is 2.77. The van der Waals surface area contributed by atoms with Crippen LogP contribution in [0.5, 0.6) is 0 Å². The molecule has 0 aromatic carbocycles. The van der Waals surface area contributed by atoms with Gasteiger partial charge in [0.25, 0.3) is 0 Å². The van der Waals surface area contributed by atoms with Crippen molar-refractivity contribution in [2.24, 2.45) is 0 Å². The monoisotopic (exact) mass is 169 g/mol. The molecule has 0 aliphatic rings. The Kier molecular flexibility index (Phi) is 6.77. The average molecular weight is 169 g/mol. The molecule has 0 aromatic heterocycles. The fourth-order valence-corrected chi connectivity index (χ4v) is 1.97. The van der Waals surface area contributed by atoms with Crippen molar-refractivity contribution in [2.45, 2.75) is 26.7 Å². The predicted molar refractivity (Wildman–Crippen MR) is 37.9 cm³/mol. The third-order valence-corrected chi connectivity index (χ3v) is 4.56. The third kappa shape index (κ3) is 5.08. The van der Waals surface area contributed by atoms with Crippen LogP contribution in [0.25, 0.3) is 0 Å². The van der Waals surface area contributed by atoms with Crippen LogP contribution in [0.3, 0.4) is 0 Å². The number of hydrogen-bond donors (Lipinski definition) is 0. The van der Waals surface area contributed by atoms with E-state index in [0.717, 1.165) is 0 Å². The van der Waals surface area contributed by atoms with Gasteiger partial charge in [-0.25, -0.2) is 0 Å². The van der Waals surface area contributed by atoms with Gasteiger partial charge in [0, 0.05) is 0 Å². The van der Waals surface area contributed by atoms with Gasteiger partial charge in [0.15, 0.2) is 0 Å². The standard InChI is InChI=1S/C6H14S.V/c1-3-5-6-7-4-2;/h3-6H2,1-2H3;. The second-order valence-electron chi connectivity index (χ2n) is 1.81. The van der Waals surface area contributed by atoms with Crippen LogP contribution in [0, 0.1) is 0 Å². The van der Waals surface area contributed by atoms with Crippen LogP contribution in [-0.2, 0) is 15.7 Å². The molecule has 49 valence electrons. The molecule has 0 aliphatic heterocycles. The molecule has 0 aromatic rings. The summed E-state index contributed by atoms with van der Waals surface area (Å²) in [6.45, 7) is 4.51. The van der Waals surface area contributed by atoms with Crippen molar-refractivity contribution in [1.82, 2.24) is 0 Å². The van der Waals surface area contributed by atoms with Gasteiger partial charge in [-0.3, -0.25) is 0 Å². The first-order valence-electron chi connectivity index (χ1n) is 3.17. The summed E-state index contributed by atoms with van der Waals surface area (Å²) in [5, 5.41) is 0. The molecule has 2 heteroatoms. The van der Waals surface area contributed by atoms with Gasteiger partial charge in [0.2, 0.25) is 0 Å². The molecular weight excluding hydrogens is 155 g/mol. The molecule has 1 unspecified atom stereocenters. The second kappa shape index (κ2) is 6.06. The summed E-state index contributed by atoms with van der Waals surface area (Å²) in [5.74, 6) is 2.77. The number of rotatable bonds is 4. The van der Waals surface area contributed by atoms with Crippen molar-refractivity contribution in [3.63, 3.8) is 0 Å². The van der Waals surface area contributed by atoms with Crippen molar-refractivity contribution < 1.29 is 15.7 Å². The van der Waals surface area contributed by atoms with Crippen molar-refractivity contribution >= 4 is 8.55 Å². The molecule has 0 rings (SSSR count). The van der Waals surface area contributed by atoms with E-state index < -0.39 is 0 Å². The van der Waals surface area contributed by atoms with Gasteiger partial charge in [-0.15, -0.1) is 0 Å². The van der Waals surface area contributed by atoms with Gasteiger partial charge >= 0.3 is 62.5 Å². The Morgan fingerprint density at radius 2 is 2.00 bits per heavy atom. The van der Waals surface area contributed by atoms with Crippen LogP contribution < -0.4 is 0 Å². The van der Waals surface area contributed by atoms with E-state index >= 15 is 0 Å². The van der Waals surface area contributed by atoms with Gasteiger partial charge < -0.3 is 0 Å². The molecule has 0 nitrogen and oxygen atoms in total. The van der Waals surface area contributed by atoms with Crippen molar-refractivity contribution in [1.29, 1.82) is 0 Å². The normalized spacial score (nSPS) is 13.6. The Balaban J connectivity index is 2.99. The molecule has 8 heavy (non-hydrogen) atoms.